The molecule has 0 saturated carbocycles. The molecule has 0 aromatic carbocycles. The normalized spacial score (nSPS) is 13.2. The highest BCUT2D eigenvalue weighted by Crippen LogP contribution is 2.09. The molecule has 1 unspecified atom stereocenters. The molecule has 5 nitrogen and oxygen atoms in total. The molecule has 0 radical (unpaired) electrons. The Labute approximate surface area is 117 Å². The van der Waals surface area contributed by atoms with Crippen molar-refractivity contribution in [1.29, 1.82) is 0 Å². The maximum Gasteiger partial charge on any atom is 0.410 e. The summed E-state index contributed by atoms with van der Waals surface area (Å²) in [6, 6.07) is 0.289. The van der Waals surface area contributed by atoms with Crippen LogP contribution in [0.3, 0.4) is 0 Å². The van der Waals surface area contributed by atoms with Crippen LogP contribution in [0.5, 0.6) is 0 Å². The van der Waals surface area contributed by atoms with Gasteiger partial charge in [-0.15, -0.1) is 0 Å². The lowest BCUT2D eigenvalue weighted by Crippen LogP contribution is -2.42. The standard InChI is InChI=1S/C14H30N2O3/c1-7-16(13(17)19-14(4,5)6)10-9-15-12(3)11-18-8-2/h12,15H,7-11H2,1-6H3. The smallest absolute Gasteiger partial charge is 0.410 e. The Morgan fingerprint density at radius 3 is 2.42 bits per heavy atom. The maximum atomic E-state index is 11.9. The van der Waals surface area contributed by atoms with Gasteiger partial charge in [-0.25, -0.2) is 4.79 Å². The molecule has 0 aromatic heterocycles. The minimum atomic E-state index is -0.444. The van der Waals surface area contributed by atoms with Crippen molar-refractivity contribution < 1.29 is 14.3 Å². The lowest BCUT2D eigenvalue weighted by molar-refractivity contribution is 0.0259. The van der Waals surface area contributed by atoms with Crippen molar-refractivity contribution in [3.8, 4) is 0 Å². The number of hydrogen-bond donors (Lipinski definition) is 1. The molecular formula is C14H30N2O3. The fraction of sp³-hybridized carbons (Fsp3) is 0.929. The van der Waals surface area contributed by atoms with E-state index in [1.807, 2.05) is 34.6 Å². The summed E-state index contributed by atoms with van der Waals surface area (Å²) in [5.41, 5.74) is -0.444. The number of likely N-dealkylation sites (N-methyl/N-ethyl adjacent to an activating group) is 1. The third-order valence-corrected chi connectivity index (χ3v) is 2.48. The van der Waals surface area contributed by atoms with Crippen LogP contribution in [0.15, 0.2) is 0 Å². The lowest BCUT2D eigenvalue weighted by Gasteiger charge is -2.27. The fourth-order valence-corrected chi connectivity index (χ4v) is 1.50. The van der Waals surface area contributed by atoms with Gasteiger partial charge in [0.1, 0.15) is 5.60 Å². The van der Waals surface area contributed by atoms with E-state index in [0.717, 1.165) is 13.2 Å². The van der Waals surface area contributed by atoms with Crippen LogP contribution >= 0.6 is 0 Å². The van der Waals surface area contributed by atoms with Gasteiger partial charge < -0.3 is 19.7 Å². The Kier molecular flexibility index (Phi) is 8.76. The van der Waals surface area contributed by atoms with Gasteiger partial charge in [-0.3, -0.25) is 0 Å². The molecule has 0 aliphatic heterocycles. The van der Waals surface area contributed by atoms with E-state index in [0.29, 0.717) is 19.7 Å². The van der Waals surface area contributed by atoms with Gasteiger partial charge in [-0.2, -0.15) is 0 Å². The van der Waals surface area contributed by atoms with E-state index < -0.39 is 5.60 Å². The van der Waals surface area contributed by atoms with E-state index in [1.54, 1.807) is 4.90 Å². The minimum absolute atomic E-state index is 0.255. The first-order valence-electron chi connectivity index (χ1n) is 7.09. The lowest BCUT2D eigenvalue weighted by atomic mass is 10.2. The number of carbonyl (C=O) groups is 1. The van der Waals surface area contributed by atoms with Crippen molar-refractivity contribution in [2.24, 2.45) is 0 Å². The summed E-state index contributed by atoms with van der Waals surface area (Å²) in [7, 11) is 0. The number of nitrogens with one attached hydrogen (secondary N) is 1. The van der Waals surface area contributed by atoms with Crippen LogP contribution in [0.2, 0.25) is 0 Å². The molecule has 0 heterocycles. The van der Waals surface area contributed by atoms with E-state index in [-0.39, 0.29) is 12.1 Å². The van der Waals surface area contributed by atoms with E-state index in [9.17, 15) is 4.79 Å². The highest BCUT2D eigenvalue weighted by Gasteiger charge is 2.20. The molecule has 0 spiro atoms. The van der Waals surface area contributed by atoms with E-state index in [4.69, 9.17) is 9.47 Å². The molecule has 114 valence electrons. The van der Waals surface area contributed by atoms with Gasteiger partial charge in [-0.05, 0) is 41.5 Å². The Balaban J connectivity index is 3.96. The van der Waals surface area contributed by atoms with Crippen molar-refractivity contribution in [2.45, 2.75) is 53.2 Å². The Morgan fingerprint density at radius 1 is 1.32 bits per heavy atom. The molecule has 1 N–H and O–H groups in total. The van der Waals surface area contributed by atoms with E-state index >= 15 is 0 Å². The molecule has 0 rings (SSSR count). The number of amides is 1. The summed E-state index contributed by atoms with van der Waals surface area (Å²) in [5.74, 6) is 0. The van der Waals surface area contributed by atoms with Crippen LogP contribution < -0.4 is 5.32 Å². The summed E-state index contributed by atoms with van der Waals surface area (Å²) >= 11 is 0. The van der Waals surface area contributed by atoms with Gasteiger partial charge in [0, 0.05) is 32.3 Å². The van der Waals surface area contributed by atoms with Crippen molar-refractivity contribution in [1.82, 2.24) is 10.2 Å². The fourth-order valence-electron chi connectivity index (χ4n) is 1.50. The van der Waals surface area contributed by atoms with Crippen LogP contribution in [0.1, 0.15) is 41.5 Å². The largest absolute Gasteiger partial charge is 0.444 e. The molecule has 19 heavy (non-hydrogen) atoms. The maximum absolute atomic E-state index is 11.9. The quantitative estimate of drug-likeness (QED) is 0.737. The Bertz CT molecular complexity index is 252. The predicted molar refractivity (Wildman–Crippen MR) is 77.4 cm³/mol. The van der Waals surface area contributed by atoms with Gasteiger partial charge in [-0.1, -0.05) is 0 Å². The first kappa shape index (κ1) is 18.2. The Morgan fingerprint density at radius 2 is 1.95 bits per heavy atom. The molecule has 0 aliphatic rings. The van der Waals surface area contributed by atoms with Crippen LogP contribution in [-0.4, -0.2) is 55.5 Å². The molecule has 5 heteroatoms. The summed E-state index contributed by atoms with van der Waals surface area (Å²) in [6.45, 7) is 15.1. The van der Waals surface area contributed by atoms with Gasteiger partial charge in [0.15, 0.2) is 0 Å². The number of nitrogens with zero attached hydrogens (tertiary/aromatic N) is 1. The molecule has 0 aromatic rings. The molecule has 0 bridgehead atoms. The third-order valence-electron chi connectivity index (χ3n) is 2.48. The summed E-state index contributed by atoms with van der Waals surface area (Å²) in [6.07, 6.45) is -0.255. The zero-order valence-electron chi connectivity index (χ0n) is 13.3. The second-order valence-corrected chi connectivity index (χ2v) is 5.57. The molecular weight excluding hydrogens is 244 g/mol. The average molecular weight is 274 g/mol. The van der Waals surface area contributed by atoms with Gasteiger partial charge in [0.2, 0.25) is 0 Å². The van der Waals surface area contributed by atoms with Crippen LogP contribution in [0.4, 0.5) is 4.79 Å². The topological polar surface area (TPSA) is 50.8 Å². The summed E-state index contributed by atoms with van der Waals surface area (Å²) < 4.78 is 10.7. The number of carbonyl (C=O) groups excluding carboxylic acids is 1. The average Bonchev–Trinajstić information content (AvgIpc) is 2.29. The van der Waals surface area contributed by atoms with Crippen molar-refractivity contribution in [3.05, 3.63) is 0 Å². The second kappa shape index (κ2) is 9.15. The molecule has 0 fully saturated rings. The zero-order valence-corrected chi connectivity index (χ0v) is 13.3. The zero-order chi connectivity index (χ0) is 14.9. The molecule has 0 saturated heterocycles. The van der Waals surface area contributed by atoms with E-state index in [1.165, 1.54) is 0 Å². The van der Waals surface area contributed by atoms with Crippen LogP contribution in [0, 0.1) is 0 Å². The molecule has 0 aliphatic carbocycles. The number of ether oxygens (including phenoxy) is 2. The van der Waals surface area contributed by atoms with Crippen LogP contribution in [-0.2, 0) is 9.47 Å². The first-order chi connectivity index (χ1) is 8.80. The van der Waals surface area contributed by atoms with Gasteiger partial charge in [0.25, 0.3) is 0 Å². The van der Waals surface area contributed by atoms with E-state index in [2.05, 4.69) is 12.2 Å². The highest BCUT2D eigenvalue weighted by atomic mass is 16.6. The van der Waals surface area contributed by atoms with Gasteiger partial charge >= 0.3 is 6.09 Å². The highest BCUT2D eigenvalue weighted by molar-refractivity contribution is 5.68. The van der Waals surface area contributed by atoms with Crippen molar-refractivity contribution in [2.75, 3.05) is 32.8 Å². The van der Waals surface area contributed by atoms with Crippen molar-refractivity contribution in [3.63, 3.8) is 0 Å². The summed E-state index contributed by atoms with van der Waals surface area (Å²) in [4.78, 5) is 13.6. The predicted octanol–water partition coefficient (Wildman–Crippen LogP) is 2.26. The Hall–Kier alpha value is -0.810. The molecule has 1 amide bonds. The first-order valence-corrected chi connectivity index (χ1v) is 7.09. The minimum Gasteiger partial charge on any atom is -0.444 e. The van der Waals surface area contributed by atoms with Crippen LogP contribution in [0.25, 0.3) is 0 Å². The monoisotopic (exact) mass is 274 g/mol. The molecule has 1 atom stereocenters. The SMILES string of the molecule is CCOCC(C)NCCN(CC)C(=O)OC(C)(C)C. The number of rotatable bonds is 8. The van der Waals surface area contributed by atoms with Gasteiger partial charge in [0.05, 0.1) is 6.61 Å². The second-order valence-electron chi connectivity index (χ2n) is 5.57. The number of hydrogen-bond acceptors (Lipinski definition) is 4. The van der Waals surface area contributed by atoms with Crippen molar-refractivity contribution >= 4 is 6.09 Å². The third kappa shape index (κ3) is 9.73. The summed E-state index contributed by atoms with van der Waals surface area (Å²) in [5, 5.41) is 3.33.